The molecule has 2 fully saturated rings. The molecule has 1 N–H and O–H groups in total. The summed E-state index contributed by atoms with van der Waals surface area (Å²) in [6.45, 7) is 10.3. The van der Waals surface area contributed by atoms with Crippen molar-refractivity contribution in [3.05, 3.63) is 29.3 Å². The first kappa shape index (κ1) is 21.9. The number of hydrogen-bond donors (Lipinski definition) is 1. The molecule has 0 radical (unpaired) electrons. The lowest BCUT2D eigenvalue weighted by Crippen LogP contribution is -2.38. The summed E-state index contributed by atoms with van der Waals surface area (Å²) in [5.41, 5.74) is 4.23. The summed E-state index contributed by atoms with van der Waals surface area (Å²) < 4.78 is 13.4. The first-order chi connectivity index (χ1) is 15.6. The van der Waals surface area contributed by atoms with Crippen LogP contribution in [0.1, 0.15) is 56.7 Å². The first-order valence-corrected chi connectivity index (χ1v) is 12.4. The Balaban J connectivity index is 1.47. The van der Waals surface area contributed by atoms with Crippen LogP contribution in [0.2, 0.25) is 0 Å². The average molecular weight is 440 g/mol. The van der Waals surface area contributed by atoms with Crippen LogP contribution in [0, 0.1) is 5.92 Å². The van der Waals surface area contributed by atoms with Gasteiger partial charge in [0.1, 0.15) is 0 Å². The minimum atomic E-state index is 0.260. The monoisotopic (exact) mass is 439 g/mol. The van der Waals surface area contributed by atoms with Crippen molar-refractivity contribution in [1.82, 2.24) is 9.47 Å². The Morgan fingerprint density at radius 3 is 2.53 bits per heavy atom. The second-order valence-electron chi connectivity index (χ2n) is 9.92. The van der Waals surface area contributed by atoms with Crippen molar-refractivity contribution in [1.29, 1.82) is 0 Å². The number of benzene rings is 1. The Hall–Kier alpha value is -1.89. The predicted molar refractivity (Wildman–Crippen MR) is 128 cm³/mol. The fourth-order valence-electron chi connectivity index (χ4n) is 5.69. The molecule has 5 rings (SSSR count). The van der Waals surface area contributed by atoms with E-state index >= 15 is 0 Å². The number of aliphatic imine (C=N–C) groups is 1. The maximum Gasteiger partial charge on any atom is 0.201 e. The number of likely N-dealkylation sites (tertiary alicyclic amines) is 1. The van der Waals surface area contributed by atoms with Gasteiger partial charge in [0.15, 0.2) is 0 Å². The summed E-state index contributed by atoms with van der Waals surface area (Å²) in [5.74, 6) is 1.07. The van der Waals surface area contributed by atoms with E-state index < -0.39 is 0 Å². The highest BCUT2D eigenvalue weighted by Gasteiger charge is 2.28. The second kappa shape index (κ2) is 9.54. The van der Waals surface area contributed by atoms with Crippen LogP contribution in [0.5, 0.6) is 5.88 Å². The van der Waals surface area contributed by atoms with E-state index in [1.54, 1.807) is 0 Å². The van der Waals surface area contributed by atoms with E-state index in [2.05, 4.69) is 41.5 Å². The van der Waals surface area contributed by atoms with Gasteiger partial charge in [-0.2, -0.15) is 0 Å². The molecular weight excluding hydrogens is 402 g/mol. The molecule has 6 nitrogen and oxygen atoms in total. The zero-order chi connectivity index (χ0) is 22.1. The molecular formula is C26H37N3O3. The molecule has 0 unspecified atom stereocenters. The van der Waals surface area contributed by atoms with Gasteiger partial charge >= 0.3 is 0 Å². The third kappa shape index (κ3) is 4.33. The maximum atomic E-state index is 11.4. The third-order valence-corrected chi connectivity index (χ3v) is 7.57. The van der Waals surface area contributed by atoms with Gasteiger partial charge in [0.05, 0.1) is 36.6 Å². The molecule has 2 aromatic rings. The minimum Gasteiger partial charge on any atom is -0.494 e. The largest absolute Gasteiger partial charge is 0.494 e. The smallest absolute Gasteiger partial charge is 0.201 e. The Morgan fingerprint density at radius 1 is 1.06 bits per heavy atom. The molecule has 0 aliphatic carbocycles. The molecule has 0 saturated carbocycles. The molecule has 32 heavy (non-hydrogen) atoms. The summed E-state index contributed by atoms with van der Waals surface area (Å²) >= 11 is 0. The molecule has 1 aromatic carbocycles. The SMILES string of the molecule is CC(C)N1CCC(Cc2ccc3c(c2)c(C2=NCCOC2)c(O)n3C2CCOCC2)CC1. The number of piperidine rings is 1. The van der Waals surface area contributed by atoms with E-state index in [1.807, 2.05) is 0 Å². The van der Waals surface area contributed by atoms with Crippen LogP contribution in [0.15, 0.2) is 23.2 Å². The fourth-order valence-corrected chi connectivity index (χ4v) is 5.69. The van der Waals surface area contributed by atoms with E-state index in [4.69, 9.17) is 14.5 Å². The molecule has 4 heterocycles. The Morgan fingerprint density at radius 2 is 1.84 bits per heavy atom. The topological polar surface area (TPSA) is 59.2 Å². The van der Waals surface area contributed by atoms with Crippen LogP contribution in [0.4, 0.5) is 0 Å². The number of aromatic hydroxyl groups is 1. The maximum absolute atomic E-state index is 11.4. The quantitative estimate of drug-likeness (QED) is 0.759. The molecule has 3 aliphatic heterocycles. The van der Waals surface area contributed by atoms with Gasteiger partial charge in [0, 0.05) is 30.7 Å². The van der Waals surface area contributed by atoms with Gasteiger partial charge in [-0.15, -0.1) is 0 Å². The van der Waals surface area contributed by atoms with Gasteiger partial charge in [-0.3, -0.25) is 4.99 Å². The van der Waals surface area contributed by atoms with Crippen molar-refractivity contribution in [2.75, 3.05) is 46.1 Å². The van der Waals surface area contributed by atoms with Gasteiger partial charge in [0.2, 0.25) is 5.88 Å². The number of nitrogens with zero attached hydrogens (tertiary/aromatic N) is 3. The molecule has 2 saturated heterocycles. The van der Waals surface area contributed by atoms with Crippen molar-refractivity contribution in [2.45, 2.75) is 58.0 Å². The van der Waals surface area contributed by atoms with Crippen LogP contribution in [0.3, 0.4) is 0 Å². The van der Waals surface area contributed by atoms with Crippen LogP contribution >= 0.6 is 0 Å². The second-order valence-corrected chi connectivity index (χ2v) is 9.92. The summed E-state index contributed by atoms with van der Waals surface area (Å²) in [6.07, 6.45) is 5.48. The number of hydrogen-bond acceptors (Lipinski definition) is 5. The average Bonchev–Trinajstić information content (AvgIpc) is 3.11. The summed E-state index contributed by atoms with van der Waals surface area (Å²) in [5, 5.41) is 12.5. The van der Waals surface area contributed by atoms with Crippen LogP contribution in [0.25, 0.3) is 10.9 Å². The molecule has 6 heteroatoms. The van der Waals surface area contributed by atoms with E-state index in [9.17, 15) is 5.11 Å². The van der Waals surface area contributed by atoms with Crippen LogP contribution in [-0.2, 0) is 15.9 Å². The third-order valence-electron chi connectivity index (χ3n) is 7.57. The van der Waals surface area contributed by atoms with Gasteiger partial charge in [-0.25, -0.2) is 0 Å². The van der Waals surface area contributed by atoms with Crippen LogP contribution in [-0.4, -0.2) is 72.4 Å². The standard InChI is InChI=1S/C26H37N3O3/c1-18(2)28-10-5-19(6-11-28)15-20-3-4-24-22(16-20)25(23-17-32-14-9-27-23)26(30)29(24)21-7-12-31-13-8-21/h3-4,16,18-19,21,30H,5-15,17H2,1-2H3. The van der Waals surface area contributed by atoms with Gasteiger partial charge < -0.3 is 24.0 Å². The normalized spacial score (nSPS) is 22.0. The Labute approximate surface area is 191 Å². The van der Waals surface area contributed by atoms with E-state index in [0.717, 1.165) is 60.6 Å². The fraction of sp³-hybridized carbons (Fsp3) is 0.654. The van der Waals surface area contributed by atoms with Crippen molar-refractivity contribution < 1.29 is 14.6 Å². The zero-order valence-electron chi connectivity index (χ0n) is 19.6. The molecule has 0 amide bonds. The van der Waals surface area contributed by atoms with E-state index in [1.165, 1.54) is 31.5 Å². The molecule has 0 spiro atoms. The lowest BCUT2D eigenvalue weighted by molar-refractivity contribution is 0.0688. The highest BCUT2D eigenvalue weighted by molar-refractivity contribution is 6.14. The molecule has 0 bridgehead atoms. The van der Waals surface area contributed by atoms with Gasteiger partial charge in [-0.1, -0.05) is 6.07 Å². The lowest BCUT2D eigenvalue weighted by atomic mass is 9.89. The van der Waals surface area contributed by atoms with Crippen LogP contribution < -0.4 is 0 Å². The highest BCUT2D eigenvalue weighted by Crippen LogP contribution is 2.39. The Bertz CT molecular complexity index is 966. The van der Waals surface area contributed by atoms with Gasteiger partial charge in [-0.05, 0) is 82.7 Å². The Kier molecular flexibility index (Phi) is 6.54. The first-order valence-electron chi connectivity index (χ1n) is 12.4. The highest BCUT2D eigenvalue weighted by atomic mass is 16.5. The number of aromatic nitrogens is 1. The number of rotatable bonds is 5. The molecule has 0 atom stereocenters. The number of fused-ring (bicyclic) bond motifs is 1. The molecule has 3 aliphatic rings. The molecule has 174 valence electrons. The van der Waals surface area contributed by atoms with Crippen molar-refractivity contribution in [3.63, 3.8) is 0 Å². The lowest BCUT2D eigenvalue weighted by Gasteiger charge is -2.34. The van der Waals surface area contributed by atoms with Gasteiger partial charge in [0.25, 0.3) is 0 Å². The summed E-state index contributed by atoms with van der Waals surface area (Å²) in [6, 6.07) is 7.70. The predicted octanol–water partition coefficient (Wildman–Crippen LogP) is 4.18. The van der Waals surface area contributed by atoms with Crippen molar-refractivity contribution >= 4 is 16.6 Å². The summed E-state index contributed by atoms with van der Waals surface area (Å²) in [7, 11) is 0. The van der Waals surface area contributed by atoms with E-state index in [0.29, 0.717) is 31.7 Å². The number of ether oxygens (including phenoxy) is 2. The summed E-state index contributed by atoms with van der Waals surface area (Å²) in [4.78, 5) is 7.32. The van der Waals surface area contributed by atoms with E-state index in [-0.39, 0.29) is 6.04 Å². The molecule has 1 aromatic heterocycles. The van der Waals surface area contributed by atoms with Crippen molar-refractivity contribution in [2.24, 2.45) is 10.9 Å². The minimum absolute atomic E-state index is 0.260. The van der Waals surface area contributed by atoms with Crippen molar-refractivity contribution in [3.8, 4) is 5.88 Å². The zero-order valence-corrected chi connectivity index (χ0v) is 19.6.